The Morgan fingerprint density at radius 3 is 2.82 bits per heavy atom. The van der Waals surface area contributed by atoms with Gasteiger partial charge in [0.1, 0.15) is 10.0 Å². The lowest BCUT2D eigenvalue weighted by Gasteiger charge is -2.06. The van der Waals surface area contributed by atoms with Gasteiger partial charge in [-0.05, 0) is 24.6 Å². The van der Waals surface area contributed by atoms with Gasteiger partial charge in [0.05, 0.1) is 17.3 Å². The van der Waals surface area contributed by atoms with E-state index in [0.29, 0.717) is 27.5 Å². The van der Waals surface area contributed by atoms with Gasteiger partial charge in [0.15, 0.2) is 0 Å². The number of halogens is 1. The molecule has 0 aliphatic carbocycles. The number of nitrogens with one attached hydrogen (secondary N) is 1. The summed E-state index contributed by atoms with van der Waals surface area (Å²) in [5.74, 6) is 0. The second-order valence-corrected chi connectivity index (χ2v) is 6.76. The third-order valence-electron chi connectivity index (χ3n) is 3.05. The van der Waals surface area contributed by atoms with Crippen molar-refractivity contribution in [2.45, 2.75) is 18.4 Å². The Hall–Kier alpha value is -2.03. The highest BCUT2D eigenvalue weighted by atomic mass is 35.5. The first-order valence-corrected chi connectivity index (χ1v) is 8.14. The van der Waals surface area contributed by atoms with Crippen LogP contribution >= 0.6 is 11.6 Å². The fraction of sp³-hybridized carbons (Fsp3) is 0.154. The Kier molecular flexibility index (Phi) is 3.81. The van der Waals surface area contributed by atoms with E-state index in [2.05, 4.69) is 19.8 Å². The van der Waals surface area contributed by atoms with E-state index in [1.165, 1.54) is 18.5 Å². The Bertz CT molecular complexity index is 922. The minimum absolute atomic E-state index is 0.0493. The van der Waals surface area contributed by atoms with E-state index in [0.717, 1.165) is 0 Å². The van der Waals surface area contributed by atoms with Crippen molar-refractivity contribution in [3.8, 4) is 0 Å². The highest BCUT2D eigenvalue weighted by molar-refractivity contribution is 7.89. The number of sulfonamides is 1. The van der Waals surface area contributed by atoms with Crippen molar-refractivity contribution in [2.75, 3.05) is 0 Å². The van der Waals surface area contributed by atoms with Crippen LogP contribution < -0.4 is 4.72 Å². The molecule has 0 aromatic carbocycles. The summed E-state index contributed by atoms with van der Waals surface area (Å²) >= 11 is 5.68. The van der Waals surface area contributed by atoms with Gasteiger partial charge in [0, 0.05) is 12.7 Å². The molecule has 3 heterocycles. The van der Waals surface area contributed by atoms with Crippen LogP contribution in [0.15, 0.2) is 40.0 Å². The van der Waals surface area contributed by atoms with Gasteiger partial charge in [0.2, 0.25) is 10.0 Å². The summed E-state index contributed by atoms with van der Waals surface area (Å²) in [4.78, 5) is 7.90. The van der Waals surface area contributed by atoms with Crippen LogP contribution in [0.1, 0.15) is 11.3 Å². The molecule has 3 rings (SSSR count). The Labute approximate surface area is 131 Å². The van der Waals surface area contributed by atoms with Gasteiger partial charge in [-0.3, -0.25) is 0 Å². The molecule has 0 aliphatic rings. The summed E-state index contributed by atoms with van der Waals surface area (Å²) in [6.07, 6.45) is 2.74. The van der Waals surface area contributed by atoms with Gasteiger partial charge in [0.25, 0.3) is 5.71 Å². The maximum atomic E-state index is 12.3. The van der Waals surface area contributed by atoms with Crippen molar-refractivity contribution < 1.29 is 12.9 Å². The lowest BCUT2D eigenvalue weighted by atomic mass is 10.3. The number of nitrogens with zero attached hydrogens (tertiary/aromatic N) is 3. The third-order valence-corrected chi connectivity index (χ3v) is 4.64. The number of aromatic nitrogens is 3. The second-order valence-electron chi connectivity index (χ2n) is 4.61. The van der Waals surface area contributed by atoms with E-state index in [1.807, 2.05) is 0 Å². The summed E-state index contributed by atoms with van der Waals surface area (Å²) in [5.41, 5.74) is 1.59. The maximum absolute atomic E-state index is 12.3. The summed E-state index contributed by atoms with van der Waals surface area (Å²) < 4.78 is 32.0. The SMILES string of the molecule is Cc1noc2ncc(S(=O)(=O)NCc3ccc(Cl)nc3)cc12. The normalized spacial score (nSPS) is 11.9. The van der Waals surface area contributed by atoms with E-state index in [4.69, 9.17) is 16.1 Å². The first-order valence-electron chi connectivity index (χ1n) is 6.28. The lowest BCUT2D eigenvalue weighted by molar-refractivity contribution is 0.442. The molecular weight excluding hydrogens is 328 g/mol. The topological polar surface area (TPSA) is 98.0 Å². The zero-order chi connectivity index (χ0) is 15.7. The maximum Gasteiger partial charge on any atom is 0.257 e. The van der Waals surface area contributed by atoms with Crippen LogP contribution in [0, 0.1) is 6.92 Å². The minimum atomic E-state index is -3.70. The molecule has 0 atom stereocenters. The van der Waals surface area contributed by atoms with Crippen LogP contribution in [0.2, 0.25) is 5.15 Å². The van der Waals surface area contributed by atoms with Crippen LogP contribution in [-0.4, -0.2) is 23.5 Å². The predicted octanol–water partition coefficient (Wildman–Crippen LogP) is 2.06. The fourth-order valence-electron chi connectivity index (χ4n) is 1.85. The van der Waals surface area contributed by atoms with Crippen LogP contribution in [-0.2, 0) is 16.6 Å². The van der Waals surface area contributed by atoms with Crippen molar-refractivity contribution in [1.29, 1.82) is 0 Å². The molecule has 0 fully saturated rings. The molecule has 0 aliphatic heterocycles. The van der Waals surface area contributed by atoms with Crippen molar-refractivity contribution in [1.82, 2.24) is 19.8 Å². The van der Waals surface area contributed by atoms with Crippen molar-refractivity contribution in [2.24, 2.45) is 0 Å². The van der Waals surface area contributed by atoms with E-state index in [-0.39, 0.29) is 11.4 Å². The molecule has 0 radical (unpaired) electrons. The van der Waals surface area contributed by atoms with E-state index in [9.17, 15) is 8.42 Å². The summed E-state index contributed by atoms with van der Waals surface area (Å²) in [5, 5.41) is 4.66. The quantitative estimate of drug-likeness (QED) is 0.731. The average Bonchev–Trinajstić information content (AvgIpc) is 2.88. The highest BCUT2D eigenvalue weighted by Crippen LogP contribution is 2.19. The van der Waals surface area contributed by atoms with Crippen LogP contribution in [0.25, 0.3) is 11.1 Å². The summed E-state index contributed by atoms with van der Waals surface area (Å²) in [6.45, 7) is 1.82. The molecule has 0 bridgehead atoms. The van der Waals surface area contributed by atoms with E-state index in [1.54, 1.807) is 19.1 Å². The lowest BCUT2D eigenvalue weighted by Crippen LogP contribution is -2.23. The molecule has 1 N–H and O–H groups in total. The predicted molar refractivity (Wildman–Crippen MR) is 79.8 cm³/mol. The Morgan fingerprint density at radius 1 is 1.27 bits per heavy atom. The Balaban J connectivity index is 1.84. The van der Waals surface area contributed by atoms with Crippen LogP contribution in [0.3, 0.4) is 0 Å². The van der Waals surface area contributed by atoms with Crippen molar-refractivity contribution >= 4 is 32.7 Å². The zero-order valence-electron chi connectivity index (χ0n) is 11.4. The standard InChI is InChI=1S/C13H11ClN4O3S/c1-8-11-4-10(7-16-13(11)21-18-8)22(19,20)17-6-9-2-3-12(14)15-5-9/h2-5,7,17H,6H2,1H3. The molecule has 9 heteroatoms. The molecular formula is C13H11ClN4O3S. The molecule has 0 saturated heterocycles. The number of fused-ring (bicyclic) bond motifs is 1. The second kappa shape index (κ2) is 5.64. The fourth-order valence-corrected chi connectivity index (χ4v) is 2.95. The molecule has 3 aromatic rings. The number of aryl methyl sites for hydroxylation is 1. The summed E-state index contributed by atoms with van der Waals surface area (Å²) in [6, 6.07) is 4.78. The molecule has 0 unspecified atom stereocenters. The van der Waals surface area contributed by atoms with Gasteiger partial charge in [-0.2, -0.15) is 0 Å². The number of hydrogen-bond donors (Lipinski definition) is 1. The average molecular weight is 339 g/mol. The zero-order valence-corrected chi connectivity index (χ0v) is 13.0. The Morgan fingerprint density at radius 2 is 2.09 bits per heavy atom. The molecule has 7 nitrogen and oxygen atoms in total. The van der Waals surface area contributed by atoms with Crippen molar-refractivity contribution in [3.05, 3.63) is 47.0 Å². The number of hydrogen-bond acceptors (Lipinski definition) is 6. The van der Waals surface area contributed by atoms with E-state index >= 15 is 0 Å². The highest BCUT2D eigenvalue weighted by Gasteiger charge is 2.17. The van der Waals surface area contributed by atoms with Crippen LogP contribution in [0.5, 0.6) is 0 Å². The van der Waals surface area contributed by atoms with E-state index < -0.39 is 10.0 Å². The van der Waals surface area contributed by atoms with Crippen LogP contribution in [0.4, 0.5) is 0 Å². The molecule has 0 amide bonds. The van der Waals surface area contributed by atoms with Gasteiger partial charge in [-0.15, -0.1) is 0 Å². The third kappa shape index (κ3) is 2.94. The summed E-state index contributed by atoms with van der Waals surface area (Å²) in [7, 11) is -3.70. The first kappa shape index (κ1) is 14.9. The number of rotatable bonds is 4. The molecule has 3 aromatic heterocycles. The first-order chi connectivity index (χ1) is 10.5. The molecule has 0 saturated carbocycles. The van der Waals surface area contributed by atoms with Gasteiger partial charge in [-0.25, -0.2) is 23.1 Å². The van der Waals surface area contributed by atoms with Gasteiger partial charge in [-0.1, -0.05) is 22.8 Å². The van der Waals surface area contributed by atoms with Gasteiger partial charge >= 0.3 is 0 Å². The van der Waals surface area contributed by atoms with Crippen molar-refractivity contribution in [3.63, 3.8) is 0 Å². The smallest absolute Gasteiger partial charge is 0.257 e. The largest absolute Gasteiger partial charge is 0.336 e. The minimum Gasteiger partial charge on any atom is -0.336 e. The molecule has 22 heavy (non-hydrogen) atoms. The number of pyridine rings is 2. The monoisotopic (exact) mass is 338 g/mol. The van der Waals surface area contributed by atoms with Gasteiger partial charge < -0.3 is 4.52 Å². The molecule has 114 valence electrons. The molecule has 0 spiro atoms.